The topological polar surface area (TPSA) is 46.3 Å². The molecule has 0 aliphatic heterocycles. The summed E-state index contributed by atoms with van der Waals surface area (Å²) in [6, 6.07) is 0. The zero-order valence-electron chi connectivity index (χ0n) is 7.26. The molecular formula is C8H16N2O. The van der Waals surface area contributed by atoms with Gasteiger partial charge in [-0.3, -0.25) is 9.80 Å². The maximum Gasteiger partial charge on any atom is 0.262 e. The summed E-state index contributed by atoms with van der Waals surface area (Å²) in [5, 5.41) is 1.21. The van der Waals surface area contributed by atoms with Crippen LogP contribution in [0.4, 0.5) is 0 Å². The Hall–Kier alpha value is -0.830. The molecule has 0 rings (SSSR count). The third-order valence-corrected chi connectivity index (χ3v) is 1.38. The lowest BCUT2D eigenvalue weighted by Crippen LogP contribution is -2.38. The van der Waals surface area contributed by atoms with Crippen LogP contribution in [-0.4, -0.2) is 17.5 Å². The van der Waals surface area contributed by atoms with Crippen LogP contribution in [0.5, 0.6) is 0 Å². The number of hydrazine groups is 1. The lowest BCUT2D eigenvalue weighted by atomic mass is 10.3. The summed E-state index contributed by atoms with van der Waals surface area (Å²) in [6.45, 7) is 7.84. The van der Waals surface area contributed by atoms with Crippen molar-refractivity contribution < 1.29 is 4.79 Å². The molecule has 3 heteroatoms. The van der Waals surface area contributed by atoms with Crippen LogP contribution >= 0.6 is 0 Å². The predicted molar refractivity (Wildman–Crippen MR) is 45.6 cm³/mol. The van der Waals surface area contributed by atoms with Crippen molar-refractivity contribution in [2.75, 3.05) is 6.54 Å². The van der Waals surface area contributed by atoms with Gasteiger partial charge in [0.25, 0.3) is 5.91 Å². The van der Waals surface area contributed by atoms with E-state index in [1.807, 2.05) is 0 Å². The molecule has 0 bridgehead atoms. The van der Waals surface area contributed by atoms with Crippen molar-refractivity contribution in [3.8, 4) is 0 Å². The van der Waals surface area contributed by atoms with E-state index in [2.05, 4.69) is 13.5 Å². The minimum absolute atomic E-state index is 0.168. The van der Waals surface area contributed by atoms with Crippen molar-refractivity contribution in [2.45, 2.75) is 26.7 Å². The van der Waals surface area contributed by atoms with E-state index in [1.165, 1.54) is 5.01 Å². The first-order valence-corrected chi connectivity index (χ1v) is 3.81. The Balaban J connectivity index is 3.73. The molecule has 0 saturated carbocycles. The average Bonchev–Trinajstić information content (AvgIpc) is 1.98. The molecule has 3 nitrogen and oxygen atoms in total. The van der Waals surface area contributed by atoms with Gasteiger partial charge in [0, 0.05) is 12.1 Å². The van der Waals surface area contributed by atoms with Gasteiger partial charge in [0.2, 0.25) is 0 Å². The summed E-state index contributed by atoms with van der Waals surface area (Å²) >= 11 is 0. The summed E-state index contributed by atoms with van der Waals surface area (Å²) in [5.41, 5.74) is 0.489. The van der Waals surface area contributed by atoms with Crippen molar-refractivity contribution in [3.63, 3.8) is 0 Å². The molecule has 2 N–H and O–H groups in total. The van der Waals surface area contributed by atoms with Gasteiger partial charge in [0.15, 0.2) is 0 Å². The van der Waals surface area contributed by atoms with Gasteiger partial charge < -0.3 is 0 Å². The molecule has 0 aromatic heterocycles. The van der Waals surface area contributed by atoms with Crippen LogP contribution in [0.15, 0.2) is 12.2 Å². The fourth-order valence-corrected chi connectivity index (χ4v) is 0.675. The molecule has 0 atom stereocenters. The Morgan fingerprint density at radius 1 is 1.64 bits per heavy atom. The highest BCUT2D eigenvalue weighted by Gasteiger charge is 2.07. The molecule has 0 spiro atoms. The number of hydrogen-bond acceptors (Lipinski definition) is 2. The molecule has 0 aliphatic rings. The Morgan fingerprint density at radius 2 is 2.18 bits per heavy atom. The molecule has 0 saturated heterocycles. The fourth-order valence-electron chi connectivity index (χ4n) is 0.675. The number of carbonyl (C=O) groups is 1. The monoisotopic (exact) mass is 156 g/mol. The second kappa shape index (κ2) is 4.91. The second-order valence-electron chi connectivity index (χ2n) is 2.63. The van der Waals surface area contributed by atoms with Crippen molar-refractivity contribution in [3.05, 3.63) is 12.2 Å². The third-order valence-electron chi connectivity index (χ3n) is 1.38. The van der Waals surface area contributed by atoms with Gasteiger partial charge in [-0.25, -0.2) is 5.84 Å². The van der Waals surface area contributed by atoms with Gasteiger partial charge in [-0.15, -0.1) is 0 Å². The molecule has 0 aromatic carbocycles. The summed E-state index contributed by atoms with van der Waals surface area (Å²) in [6.07, 6.45) is 1.98. The first-order valence-electron chi connectivity index (χ1n) is 3.81. The van der Waals surface area contributed by atoms with Crippen molar-refractivity contribution >= 4 is 5.91 Å². The highest BCUT2D eigenvalue weighted by Crippen LogP contribution is 1.95. The molecule has 0 radical (unpaired) electrons. The Labute approximate surface area is 67.8 Å². The normalized spacial score (nSPS) is 9.36. The van der Waals surface area contributed by atoms with Crippen LogP contribution in [0.2, 0.25) is 0 Å². The van der Waals surface area contributed by atoms with E-state index in [0.717, 1.165) is 12.8 Å². The summed E-state index contributed by atoms with van der Waals surface area (Å²) in [5.74, 6) is 5.26. The number of hydrogen-bond donors (Lipinski definition) is 1. The van der Waals surface area contributed by atoms with E-state index in [-0.39, 0.29) is 5.91 Å². The minimum atomic E-state index is -0.168. The fraction of sp³-hybridized carbons (Fsp3) is 0.625. The number of carbonyl (C=O) groups excluding carboxylic acids is 1. The lowest BCUT2D eigenvalue weighted by Gasteiger charge is -2.15. The molecular weight excluding hydrogens is 140 g/mol. The number of unbranched alkanes of at least 4 members (excludes halogenated alkanes) is 1. The van der Waals surface area contributed by atoms with Gasteiger partial charge in [0.05, 0.1) is 0 Å². The maximum atomic E-state index is 11.1. The van der Waals surface area contributed by atoms with Crippen LogP contribution in [0, 0.1) is 0 Å². The van der Waals surface area contributed by atoms with Crippen LogP contribution < -0.4 is 5.84 Å². The van der Waals surface area contributed by atoms with E-state index < -0.39 is 0 Å². The number of rotatable bonds is 4. The standard InChI is InChI=1S/C8H16N2O/c1-4-5-6-10(9)8(11)7(2)3/h2,4-6,9H2,1,3H3. The predicted octanol–water partition coefficient (Wildman–Crippen LogP) is 1.06. The summed E-state index contributed by atoms with van der Waals surface area (Å²) < 4.78 is 0. The maximum absolute atomic E-state index is 11.1. The molecule has 11 heavy (non-hydrogen) atoms. The largest absolute Gasteiger partial charge is 0.277 e. The quantitative estimate of drug-likeness (QED) is 0.286. The first kappa shape index (κ1) is 10.2. The second-order valence-corrected chi connectivity index (χ2v) is 2.63. The Morgan fingerprint density at radius 3 is 2.55 bits per heavy atom. The van der Waals surface area contributed by atoms with Crippen LogP contribution in [0.3, 0.4) is 0 Å². The first-order chi connectivity index (χ1) is 5.09. The van der Waals surface area contributed by atoms with Crippen molar-refractivity contribution in [2.24, 2.45) is 5.84 Å². The molecule has 0 aliphatic carbocycles. The van der Waals surface area contributed by atoms with Crippen LogP contribution in [-0.2, 0) is 4.79 Å². The van der Waals surface area contributed by atoms with Gasteiger partial charge in [-0.1, -0.05) is 19.9 Å². The minimum Gasteiger partial charge on any atom is -0.277 e. The number of nitrogens with zero attached hydrogens (tertiary/aromatic N) is 1. The molecule has 0 fully saturated rings. The molecule has 1 amide bonds. The van der Waals surface area contributed by atoms with E-state index in [9.17, 15) is 4.79 Å². The van der Waals surface area contributed by atoms with E-state index in [4.69, 9.17) is 5.84 Å². The zero-order chi connectivity index (χ0) is 8.85. The molecule has 0 unspecified atom stereocenters. The Bertz CT molecular complexity index is 154. The van der Waals surface area contributed by atoms with Gasteiger partial charge >= 0.3 is 0 Å². The summed E-state index contributed by atoms with van der Waals surface area (Å²) in [4.78, 5) is 11.1. The van der Waals surface area contributed by atoms with E-state index in [0.29, 0.717) is 12.1 Å². The van der Waals surface area contributed by atoms with Crippen LogP contribution in [0.1, 0.15) is 26.7 Å². The van der Waals surface area contributed by atoms with Gasteiger partial charge in [-0.2, -0.15) is 0 Å². The third kappa shape index (κ3) is 3.78. The smallest absolute Gasteiger partial charge is 0.262 e. The highest BCUT2D eigenvalue weighted by atomic mass is 16.2. The van der Waals surface area contributed by atoms with Crippen LogP contribution in [0.25, 0.3) is 0 Å². The number of amides is 1. The SMILES string of the molecule is C=C(C)C(=O)N(N)CCCC. The van der Waals surface area contributed by atoms with Crippen molar-refractivity contribution in [1.82, 2.24) is 5.01 Å². The molecule has 0 aromatic rings. The number of nitrogens with two attached hydrogens (primary N) is 1. The highest BCUT2D eigenvalue weighted by molar-refractivity contribution is 5.91. The lowest BCUT2D eigenvalue weighted by molar-refractivity contribution is -0.127. The summed E-state index contributed by atoms with van der Waals surface area (Å²) in [7, 11) is 0. The van der Waals surface area contributed by atoms with E-state index in [1.54, 1.807) is 6.92 Å². The molecule has 64 valence electrons. The zero-order valence-corrected chi connectivity index (χ0v) is 7.26. The average molecular weight is 156 g/mol. The molecule has 0 heterocycles. The van der Waals surface area contributed by atoms with E-state index >= 15 is 0 Å². The van der Waals surface area contributed by atoms with Crippen molar-refractivity contribution in [1.29, 1.82) is 0 Å². The Kier molecular flexibility index (Phi) is 4.54. The van der Waals surface area contributed by atoms with Gasteiger partial charge in [-0.05, 0) is 13.3 Å². The van der Waals surface area contributed by atoms with Gasteiger partial charge in [0.1, 0.15) is 0 Å².